The highest BCUT2D eigenvalue weighted by Crippen LogP contribution is 2.61. The normalized spacial score (nSPS) is 31.8. The average molecular weight is 475 g/mol. The van der Waals surface area contributed by atoms with Crippen LogP contribution in [-0.4, -0.2) is 30.2 Å². The smallest absolute Gasteiger partial charge is 0.265 e. The van der Waals surface area contributed by atoms with Gasteiger partial charge in [-0.1, -0.05) is 11.6 Å². The number of carbonyl (C=O) groups is 2. The van der Waals surface area contributed by atoms with Gasteiger partial charge >= 0.3 is 0 Å². The minimum absolute atomic E-state index is 0.0955. The summed E-state index contributed by atoms with van der Waals surface area (Å²) < 4.78 is 5.51. The number of hydrogen-bond acceptors (Lipinski definition) is 4. The Balaban J connectivity index is 1.34. The fourth-order valence-corrected chi connectivity index (χ4v) is 7.85. The lowest BCUT2D eigenvalue weighted by molar-refractivity contribution is -0.112. The highest BCUT2D eigenvalue weighted by Gasteiger charge is 2.53. The van der Waals surface area contributed by atoms with Gasteiger partial charge in [-0.25, -0.2) is 0 Å². The molecule has 172 valence electrons. The zero-order valence-electron chi connectivity index (χ0n) is 18.7. The van der Waals surface area contributed by atoms with Gasteiger partial charge in [0.05, 0.1) is 17.9 Å². The molecule has 4 saturated carbocycles. The molecule has 5 nitrogen and oxygen atoms in total. The van der Waals surface area contributed by atoms with Crippen LogP contribution in [-0.2, 0) is 9.53 Å². The molecule has 1 aromatic rings. The van der Waals surface area contributed by atoms with Crippen molar-refractivity contribution < 1.29 is 14.3 Å². The summed E-state index contributed by atoms with van der Waals surface area (Å²) in [5.74, 6) is 3.41. The number of halogens is 1. The molecule has 0 radical (unpaired) electrons. The maximum atomic E-state index is 13.4. The minimum Gasteiger partial charge on any atom is -0.496 e. The lowest BCUT2D eigenvalue weighted by atomic mass is 9.48. The van der Waals surface area contributed by atoms with Crippen molar-refractivity contribution in [3.05, 3.63) is 39.4 Å². The highest BCUT2D eigenvalue weighted by atomic mass is 35.5. The first-order valence-electron chi connectivity index (χ1n) is 11.7. The summed E-state index contributed by atoms with van der Waals surface area (Å²) >= 11 is 7.71. The lowest BCUT2D eigenvalue weighted by Crippen LogP contribution is -2.55. The molecular weight excluding hydrogens is 444 g/mol. The number of benzene rings is 1. The van der Waals surface area contributed by atoms with E-state index < -0.39 is 0 Å². The molecule has 7 heteroatoms. The number of amides is 2. The maximum Gasteiger partial charge on any atom is 0.265 e. The van der Waals surface area contributed by atoms with Crippen LogP contribution >= 0.6 is 23.4 Å². The van der Waals surface area contributed by atoms with Crippen molar-refractivity contribution in [2.45, 2.75) is 58.4 Å². The van der Waals surface area contributed by atoms with Crippen molar-refractivity contribution in [1.29, 1.82) is 0 Å². The van der Waals surface area contributed by atoms with Gasteiger partial charge in [0.25, 0.3) is 11.8 Å². The molecule has 4 aliphatic carbocycles. The zero-order chi connectivity index (χ0) is 22.5. The van der Waals surface area contributed by atoms with Gasteiger partial charge < -0.3 is 15.4 Å². The number of thioether (sulfide) groups is 1. The Morgan fingerprint density at radius 1 is 1.12 bits per heavy atom. The molecule has 5 aliphatic rings. The molecular formula is C25H31ClN2O3S. The van der Waals surface area contributed by atoms with Crippen LogP contribution < -0.4 is 10.6 Å². The van der Waals surface area contributed by atoms with Crippen LogP contribution in [0.25, 0.3) is 0 Å². The number of allylic oxidation sites excluding steroid dienone is 1. The Bertz CT molecular complexity index is 941. The molecule has 2 N–H and O–H groups in total. The van der Waals surface area contributed by atoms with Gasteiger partial charge in [0.2, 0.25) is 0 Å². The van der Waals surface area contributed by atoms with Crippen molar-refractivity contribution in [3.63, 3.8) is 0 Å². The van der Waals surface area contributed by atoms with E-state index in [1.54, 1.807) is 25.1 Å². The minimum atomic E-state index is -0.252. The quantitative estimate of drug-likeness (QED) is 0.582. The van der Waals surface area contributed by atoms with E-state index in [9.17, 15) is 9.59 Å². The van der Waals surface area contributed by atoms with Gasteiger partial charge in [-0.15, -0.1) is 11.8 Å². The fourth-order valence-electron chi connectivity index (χ4n) is 6.86. The molecule has 4 bridgehead atoms. The maximum absolute atomic E-state index is 13.4. The van der Waals surface area contributed by atoms with Crippen LogP contribution in [0.15, 0.2) is 28.9 Å². The topological polar surface area (TPSA) is 67.4 Å². The van der Waals surface area contributed by atoms with Crippen LogP contribution in [0.5, 0.6) is 0 Å². The van der Waals surface area contributed by atoms with E-state index in [-0.39, 0.29) is 23.3 Å². The predicted molar refractivity (Wildman–Crippen MR) is 129 cm³/mol. The number of rotatable bonds is 5. The first-order valence-corrected chi connectivity index (χ1v) is 13.1. The van der Waals surface area contributed by atoms with Crippen molar-refractivity contribution in [2.24, 2.45) is 23.2 Å². The van der Waals surface area contributed by atoms with Crippen LogP contribution in [0.2, 0.25) is 5.02 Å². The third kappa shape index (κ3) is 4.16. The molecule has 1 atom stereocenters. The van der Waals surface area contributed by atoms with Crippen molar-refractivity contribution in [2.75, 3.05) is 17.7 Å². The molecule has 1 aliphatic heterocycles. The van der Waals surface area contributed by atoms with Gasteiger partial charge in [-0.2, -0.15) is 0 Å². The summed E-state index contributed by atoms with van der Waals surface area (Å²) in [6, 6.07) is 5.14. The molecule has 32 heavy (non-hydrogen) atoms. The molecule has 1 heterocycles. The lowest BCUT2D eigenvalue weighted by Gasteiger charge is -2.59. The number of ether oxygens (including phenoxy) is 1. The summed E-state index contributed by atoms with van der Waals surface area (Å²) in [5, 5.41) is 6.68. The molecule has 1 aromatic carbocycles. The molecule has 0 unspecified atom stereocenters. The Morgan fingerprint density at radius 2 is 1.78 bits per heavy atom. The molecule has 0 aromatic heterocycles. The van der Waals surface area contributed by atoms with Crippen LogP contribution in [0, 0.1) is 23.2 Å². The van der Waals surface area contributed by atoms with E-state index in [1.807, 2.05) is 0 Å². The van der Waals surface area contributed by atoms with Gasteiger partial charge in [-0.3, -0.25) is 9.59 Å². The predicted octanol–water partition coefficient (Wildman–Crippen LogP) is 5.61. The van der Waals surface area contributed by atoms with E-state index in [4.69, 9.17) is 16.3 Å². The standard InChI is InChI=1S/C25H31ClN2O3S/c1-14-22(32-6-5-31-14)24(30)28-21-4-3-19(26)10-20(21)23(29)27-15(2)25-11-16-7-17(12-25)9-18(8-16)13-25/h3-4,10,15-18H,5-9,11-13H2,1-2H3,(H,27,29)(H,28,30)/t15-,16?,17?,18?,25?/m0/s1. The number of carbonyl (C=O) groups excluding carboxylic acids is 2. The summed E-state index contributed by atoms with van der Waals surface area (Å²) in [7, 11) is 0. The van der Waals surface area contributed by atoms with E-state index >= 15 is 0 Å². The zero-order valence-corrected chi connectivity index (χ0v) is 20.3. The molecule has 0 saturated heterocycles. The largest absolute Gasteiger partial charge is 0.496 e. The fraction of sp³-hybridized carbons (Fsp3) is 0.600. The summed E-state index contributed by atoms with van der Waals surface area (Å²) in [4.78, 5) is 26.8. The molecule has 4 fully saturated rings. The second kappa shape index (κ2) is 8.60. The first-order chi connectivity index (χ1) is 15.3. The third-order valence-corrected chi connectivity index (χ3v) is 9.37. The van der Waals surface area contributed by atoms with Gasteiger partial charge in [0.15, 0.2) is 0 Å². The number of anilines is 1. The van der Waals surface area contributed by atoms with Crippen LogP contribution in [0.1, 0.15) is 62.7 Å². The van der Waals surface area contributed by atoms with E-state index in [0.717, 1.165) is 23.5 Å². The molecule has 0 spiro atoms. The van der Waals surface area contributed by atoms with Crippen molar-refractivity contribution in [1.82, 2.24) is 5.32 Å². The Labute approximate surface area is 199 Å². The SMILES string of the molecule is CC1=C(C(=O)Nc2ccc(Cl)cc2C(=O)N[C@@H](C)C23CC4CC(CC(C4)C2)C3)SCCO1. The Morgan fingerprint density at radius 3 is 2.41 bits per heavy atom. The van der Waals surface area contributed by atoms with Gasteiger partial charge in [0, 0.05) is 16.8 Å². The third-order valence-electron chi connectivity index (χ3n) is 8.00. The second-order valence-electron chi connectivity index (χ2n) is 10.2. The van der Waals surface area contributed by atoms with E-state index in [0.29, 0.717) is 33.5 Å². The molecule has 6 rings (SSSR count). The average Bonchev–Trinajstić information content (AvgIpc) is 2.74. The Hall–Kier alpha value is -1.66. The summed E-state index contributed by atoms with van der Waals surface area (Å²) in [6.07, 6.45) is 7.81. The van der Waals surface area contributed by atoms with Crippen LogP contribution in [0.4, 0.5) is 5.69 Å². The molecule has 2 amide bonds. The van der Waals surface area contributed by atoms with Crippen molar-refractivity contribution >= 4 is 40.9 Å². The van der Waals surface area contributed by atoms with E-state index in [2.05, 4.69) is 17.6 Å². The number of hydrogen-bond donors (Lipinski definition) is 2. The highest BCUT2D eigenvalue weighted by molar-refractivity contribution is 8.04. The van der Waals surface area contributed by atoms with Gasteiger partial charge in [-0.05, 0) is 93.7 Å². The van der Waals surface area contributed by atoms with Crippen LogP contribution in [0.3, 0.4) is 0 Å². The summed E-state index contributed by atoms with van der Waals surface area (Å²) in [6.45, 7) is 4.56. The van der Waals surface area contributed by atoms with E-state index in [1.165, 1.54) is 50.3 Å². The first kappa shape index (κ1) is 22.1. The monoisotopic (exact) mass is 474 g/mol. The summed E-state index contributed by atoms with van der Waals surface area (Å²) in [5.41, 5.74) is 1.09. The second-order valence-corrected chi connectivity index (χ2v) is 11.7. The van der Waals surface area contributed by atoms with Crippen molar-refractivity contribution in [3.8, 4) is 0 Å². The van der Waals surface area contributed by atoms with Gasteiger partial charge in [0.1, 0.15) is 10.7 Å². The Kier molecular flexibility index (Phi) is 5.95. The number of nitrogens with one attached hydrogen (secondary N) is 2.